The summed E-state index contributed by atoms with van der Waals surface area (Å²) in [5.41, 5.74) is 1.75. The summed E-state index contributed by atoms with van der Waals surface area (Å²) in [6.45, 7) is 6.21. The number of halogens is 2. The highest BCUT2D eigenvalue weighted by molar-refractivity contribution is 6.31. The SMILES string of the molecule is COCCN(Cc1nc(C)c(C)o1)Cc1ccc(F)cc1Cl. The van der Waals surface area contributed by atoms with E-state index in [0.29, 0.717) is 37.2 Å². The van der Waals surface area contributed by atoms with Crippen LogP contribution < -0.4 is 0 Å². The van der Waals surface area contributed by atoms with E-state index in [9.17, 15) is 4.39 Å². The van der Waals surface area contributed by atoms with Crippen molar-refractivity contribution in [1.29, 1.82) is 0 Å². The first-order valence-electron chi connectivity index (χ1n) is 7.07. The highest BCUT2D eigenvalue weighted by Crippen LogP contribution is 2.20. The number of oxazole rings is 1. The number of aryl methyl sites for hydroxylation is 2. The average molecular weight is 327 g/mol. The smallest absolute Gasteiger partial charge is 0.208 e. The number of hydrogen-bond donors (Lipinski definition) is 0. The number of benzene rings is 1. The number of nitrogens with zero attached hydrogens (tertiary/aromatic N) is 2. The quantitative estimate of drug-likeness (QED) is 0.777. The molecule has 0 unspecified atom stereocenters. The first-order valence-corrected chi connectivity index (χ1v) is 7.45. The van der Waals surface area contributed by atoms with Gasteiger partial charge >= 0.3 is 0 Å². The van der Waals surface area contributed by atoms with Gasteiger partial charge in [0.05, 0.1) is 18.8 Å². The van der Waals surface area contributed by atoms with Gasteiger partial charge in [-0.25, -0.2) is 9.37 Å². The van der Waals surface area contributed by atoms with Crippen molar-refractivity contribution in [2.45, 2.75) is 26.9 Å². The predicted molar refractivity (Wildman–Crippen MR) is 83.4 cm³/mol. The first-order chi connectivity index (χ1) is 10.5. The third-order valence-corrected chi connectivity index (χ3v) is 3.80. The lowest BCUT2D eigenvalue weighted by molar-refractivity contribution is 0.133. The Labute approximate surface area is 134 Å². The molecule has 0 N–H and O–H groups in total. The minimum atomic E-state index is -0.337. The Hall–Kier alpha value is -1.43. The normalized spacial score (nSPS) is 11.4. The van der Waals surface area contributed by atoms with Crippen LogP contribution in [0.5, 0.6) is 0 Å². The molecule has 0 aliphatic carbocycles. The van der Waals surface area contributed by atoms with Gasteiger partial charge in [0.1, 0.15) is 11.6 Å². The van der Waals surface area contributed by atoms with E-state index in [1.54, 1.807) is 13.2 Å². The molecule has 6 heteroatoms. The van der Waals surface area contributed by atoms with Gasteiger partial charge in [0.2, 0.25) is 5.89 Å². The van der Waals surface area contributed by atoms with Gasteiger partial charge in [0.15, 0.2) is 0 Å². The van der Waals surface area contributed by atoms with Crippen LogP contribution in [0.15, 0.2) is 22.6 Å². The molecular weight excluding hydrogens is 307 g/mol. The summed E-state index contributed by atoms with van der Waals surface area (Å²) in [5.74, 6) is 1.14. The molecule has 1 aromatic heterocycles. The summed E-state index contributed by atoms with van der Waals surface area (Å²) in [6.07, 6.45) is 0. The van der Waals surface area contributed by atoms with Gasteiger partial charge in [0, 0.05) is 25.2 Å². The van der Waals surface area contributed by atoms with Crippen molar-refractivity contribution in [2.75, 3.05) is 20.3 Å². The molecule has 0 bridgehead atoms. The number of rotatable bonds is 7. The van der Waals surface area contributed by atoms with Crippen molar-refractivity contribution in [3.8, 4) is 0 Å². The van der Waals surface area contributed by atoms with E-state index in [1.807, 2.05) is 13.8 Å². The Morgan fingerprint density at radius 2 is 2.09 bits per heavy atom. The van der Waals surface area contributed by atoms with Gasteiger partial charge in [0.25, 0.3) is 0 Å². The van der Waals surface area contributed by atoms with E-state index in [0.717, 1.165) is 17.0 Å². The molecule has 1 aromatic carbocycles. The molecule has 0 aliphatic rings. The molecule has 0 spiro atoms. The number of hydrogen-bond acceptors (Lipinski definition) is 4. The van der Waals surface area contributed by atoms with E-state index in [2.05, 4.69) is 9.88 Å². The second-order valence-corrected chi connectivity index (χ2v) is 5.60. The van der Waals surface area contributed by atoms with Gasteiger partial charge in [-0.1, -0.05) is 17.7 Å². The Morgan fingerprint density at radius 1 is 1.32 bits per heavy atom. The fourth-order valence-electron chi connectivity index (χ4n) is 2.12. The third kappa shape index (κ3) is 4.53. The Balaban J connectivity index is 2.11. The van der Waals surface area contributed by atoms with Crippen LogP contribution in [0, 0.1) is 19.7 Å². The summed E-state index contributed by atoms with van der Waals surface area (Å²) < 4.78 is 23.9. The molecule has 0 amide bonds. The molecule has 2 rings (SSSR count). The molecule has 0 radical (unpaired) electrons. The van der Waals surface area contributed by atoms with Gasteiger partial charge in [-0.05, 0) is 31.5 Å². The van der Waals surface area contributed by atoms with E-state index >= 15 is 0 Å². The van der Waals surface area contributed by atoms with Gasteiger partial charge in [-0.3, -0.25) is 4.90 Å². The maximum atomic E-state index is 13.1. The molecule has 0 atom stereocenters. The molecule has 0 fully saturated rings. The van der Waals surface area contributed by atoms with Crippen LogP contribution in [-0.4, -0.2) is 30.1 Å². The lowest BCUT2D eigenvalue weighted by atomic mass is 10.2. The van der Waals surface area contributed by atoms with Crippen molar-refractivity contribution in [3.63, 3.8) is 0 Å². The lowest BCUT2D eigenvalue weighted by Gasteiger charge is -2.21. The number of methoxy groups -OCH3 is 1. The fourth-order valence-corrected chi connectivity index (χ4v) is 2.35. The Morgan fingerprint density at radius 3 is 2.68 bits per heavy atom. The molecule has 0 saturated carbocycles. The number of ether oxygens (including phenoxy) is 1. The van der Waals surface area contributed by atoms with Crippen LogP contribution in [0.1, 0.15) is 22.9 Å². The summed E-state index contributed by atoms with van der Waals surface area (Å²) >= 11 is 6.10. The largest absolute Gasteiger partial charge is 0.444 e. The van der Waals surface area contributed by atoms with Crippen molar-refractivity contribution in [2.24, 2.45) is 0 Å². The number of aromatic nitrogens is 1. The monoisotopic (exact) mass is 326 g/mol. The average Bonchev–Trinajstić information content (AvgIpc) is 2.77. The maximum Gasteiger partial charge on any atom is 0.208 e. The second-order valence-electron chi connectivity index (χ2n) is 5.19. The molecule has 2 aromatic rings. The second kappa shape index (κ2) is 7.72. The standard InChI is InChI=1S/C16H20ClFN2O2/c1-11-12(2)22-16(19-11)10-20(6-7-21-3)9-13-4-5-14(18)8-15(13)17/h4-5,8H,6-7,9-10H2,1-3H3. The van der Waals surface area contributed by atoms with E-state index < -0.39 is 0 Å². The van der Waals surface area contributed by atoms with E-state index in [4.69, 9.17) is 20.8 Å². The summed E-state index contributed by atoms with van der Waals surface area (Å²) in [5, 5.41) is 0.419. The Kier molecular flexibility index (Phi) is 5.94. The van der Waals surface area contributed by atoms with Gasteiger partial charge in [-0.2, -0.15) is 0 Å². The summed E-state index contributed by atoms with van der Waals surface area (Å²) in [6, 6.07) is 4.43. The summed E-state index contributed by atoms with van der Waals surface area (Å²) in [7, 11) is 1.66. The minimum Gasteiger partial charge on any atom is -0.444 e. The molecule has 120 valence electrons. The van der Waals surface area contributed by atoms with Crippen LogP contribution >= 0.6 is 11.6 Å². The zero-order valence-corrected chi connectivity index (χ0v) is 13.8. The minimum absolute atomic E-state index is 0.337. The first kappa shape index (κ1) is 16.9. The van der Waals surface area contributed by atoms with Crippen LogP contribution in [-0.2, 0) is 17.8 Å². The molecular formula is C16H20ClFN2O2. The summed E-state index contributed by atoms with van der Waals surface area (Å²) in [4.78, 5) is 6.50. The van der Waals surface area contributed by atoms with Gasteiger partial charge < -0.3 is 9.15 Å². The van der Waals surface area contributed by atoms with E-state index in [1.165, 1.54) is 12.1 Å². The van der Waals surface area contributed by atoms with Crippen LogP contribution in [0.25, 0.3) is 0 Å². The molecule has 1 heterocycles. The zero-order chi connectivity index (χ0) is 16.1. The van der Waals surface area contributed by atoms with Crippen molar-refractivity contribution >= 4 is 11.6 Å². The molecule has 0 aliphatic heterocycles. The van der Waals surface area contributed by atoms with Crippen LogP contribution in [0.2, 0.25) is 5.02 Å². The highest BCUT2D eigenvalue weighted by atomic mass is 35.5. The van der Waals surface area contributed by atoms with Crippen molar-refractivity contribution < 1.29 is 13.5 Å². The maximum absolute atomic E-state index is 13.1. The topological polar surface area (TPSA) is 38.5 Å². The van der Waals surface area contributed by atoms with Crippen molar-refractivity contribution in [3.05, 3.63) is 51.9 Å². The zero-order valence-electron chi connectivity index (χ0n) is 13.0. The van der Waals surface area contributed by atoms with E-state index in [-0.39, 0.29) is 5.82 Å². The predicted octanol–water partition coefficient (Wildman–Crippen LogP) is 3.73. The van der Waals surface area contributed by atoms with Crippen LogP contribution in [0.4, 0.5) is 4.39 Å². The fraction of sp³-hybridized carbons (Fsp3) is 0.438. The Bertz CT molecular complexity index is 611. The third-order valence-electron chi connectivity index (χ3n) is 3.45. The molecule has 4 nitrogen and oxygen atoms in total. The van der Waals surface area contributed by atoms with Gasteiger partial charge in [-0.15, -0.1) is 0 Å². The molecule has 22 heavy (non-hydrogen) atoms. The molecule has 0 saturated heterocycles. The lowest BCUT2D eigenvalue weighted by Crippen LogP contribution is -2.27. The van der Waals surface area contributed by atoms with Crippen LogP contribution in [0.3, 0.4) is 0 Å². The van der Waals surface area contributed by atoms with Crippen molar-refractivity contribution in [1.82, 2.24) is 9.88 Å². The highest BCUT2D eigenvalue weighted by Gasteiger charge is 2.14.